The van der Waals surface area contributed by atoms with Crippen molar-refractivity contribution in [3.05, 3.63) is 65.7 Å². The molecule has 0 saturated heterocycles. The number of halogens is 1. The zero-order chi connectivity index (χ0) is 12.8. The number of hydrogen-bond acceptors (Lipinski definition) is 1. The summed E-state index contributed by atoms with van der Waals surface area (Å²) >= 11 is 0. The fraction of sp³-hybridized carbons (Fsp3) is 0.133. The molecule has 92 valence electrons. The molecule has 0 atom stereocenters. The Hall–Kier alpha value is -2.00. The third-order valence-electron chi connectivity index (χ3n) is 2.66. The number of hydrogen-bond donors (Lipinski definition) is 1. The van der Waals surface area contributed by atoms with Gasteiger partial charge in [0.05, 0.1) is 6.54 Å². The highest BCUT2D eigenvalue weighted by Crippen LogP contribution is 2.10. The number of pyridine rings is 1. The van der Waals surface area contributed by atoms with Crippen LogP contribution in [0.25, 0.3) is 12.2 Å². The summed E-state index contributed by atoms with van der Waals surface area (Å²) in [5.41, 5.74) is 7.10. The lowest BCUT2D eigenvalue weighted by Gasteiger charge is -1.96. The summed E-state index contributed by atoms with van der Waals surface area (Å²) in [5, 5.41) is 0. The van der Waals surface area contributed by atoms with Gasteiger partial charge in [-0.2, -0.15) is 0 Å². The molecule has 0 fully saturated rings. The van der Waals surface area contributed by atoms with Gasteiger partial charge in [0.1, 0.15) is 5.82 Å². The van der Waals surface area contributed by atoms with Crippen LogP contribution in [0, 0.1) is 5.82 Å². The zero-order valence-corrected chi connectivity index (χ0v) is 10.1. The molecular weight excluding hydrogens is 227 g/mol. The molecule has 0 unspecified atom stereocenters. The van der Waals surface area contributed by atoms with E-state index < -0.39 is 0 Å². The number of aromatic nitrogens is 1. The van der Waals surface area contributed by atoms with E-state index in [9.17, 15) is 4.39 Å². The summed E-state index contributed by atoms with van der Waals surface area (Å²) in [5.74, 6) is -0.206. The molecular formula is C15H16FN2+. The van der Waals surface area contributed by atoms with E-state index in [-0.39, 0.29) is 5.82 Å². The third kappa shape index (κ3) is 3.25. The molecule has 0 spiro atoms. The van der Waals surface area contributed by atoms with Crippen LogP contribution in [-0.2, 0) is 6.54 Å². The summed E-state index contributed by atoms with van der Waals surface area (Å²) in [6.07, 6.45) is 7.60. The minimum absolute atomic E-state index is 0.206. The van der Waals surface area contributed by atoms with Gasteiger partial charge in [0.2, 0.25) is 0 Å². The van der Waals surface area contributed by atoms with Gasteiger partial charge >= 0.3 is 0 Å². The van der Waals surface area contributed by atoms with Crippen LogP contribution in [-0.4, -0.2) is 6.54 Å². The first-order chi connectivity index (χ1) is 8.79. The first-order valence-electron chi connectivity index (χ1n) is 5.91. The van der Waals surface area contributed by atoms with Gasteiger partial charge in [-0.25, -0.2) is 8.96 Å². The lowest BCUT2D eigenvalue weighted by Crippen LogP contribution is -2.36. The van der Waals surface area contributed by atoms with Crippen molar-refractivity contribution < 1.29 is 8.96 Å². The second kappa shape index (κ2) is 6.07. The highest BCUT2D eigenvalue weighted by molar-refractivity contribution is 5.69. The normalized spacial score (nSPS) is 11.0. The highest BCUT2D eigenvalue weighted by Gasteiger charge is 1.98. The Labute approximate surface area is 106 Å². The van der Waals surface area contributed by atoms with Crippen molar-refractivity contribution in [1.82, 2.24) is 0 Å². The molecule has 3 heteroatoms. The van der Waals surface area contributed by atoms with Crippen LogP contribution in [0.4, 0.5) is 4.39 Å². The molecule has 1 aromatic heterocycles. The van der Waals surface area contributed by atoms with Crippen LogP contribution >= 0.6 is 0 Å². The zero-order valence-electron chi connectivity index (χ0n) is 10.1. The quantitative estimate of drug-likeness (QED) is 0.820. The molecule has 1 aromatic carbocycles. The van der Waals surface area contributed by atoms with Gasteiger partial charge in [0.25, 0.3) is 0 Å². The third-order valence-corrected chi connectivity index (χ3v) is 2.66. The van der Waals surface area contributed by atoms with Gasteiger partial charge in [-0.3, -0.25) is 0 Å². The molecule has 0 aliphatic heterocycles. The lowest BCUT2D eigenvalue weighted by atomic mass is 10.1. The topological polar surface area (TPSA) is 29.9 Å². The van der Waals surface area contributed by atoms with Crippen LogP contribution < -0.4 is 10.3 Å². The molecule has 2 N–H and O–H groups in total. The molecule has 0 bridgehead atoms. The Bertz CT molecular complexity index is 532. The van der Waals surface area contributed by atoms with Crippen LogP contribution in [0.3, 0.4) is 0 Å². The van der Waals surface area contributed by atoms with Crippen molar-refractivity contribution in [3.63, 3.8) is 0 Å². The van der Waals surface area contributed by atoms with E-state index in [0.717, 1.165) is 12.1 Å². The van der Waals surface area contributed by atoms with E-state index in [4.69, 9.17) is 5.73 Å². The second-order valence-electron chi connectivity index (χ2n) is 4.01. The van der Waals surface area contributed by atoms with Gasteiger partial charge in [-0.15, -0.1) is 0 Å². The molecule has 2 nitrogen and oxygen atoms in total. The molecule has 0 aliphatic carbocycles. The molecule has 0 aliphatic rings. The molecule has 2 aromatic rings. The summed E-state index contributed by atoms with van der Waals surface area (Å²) < 4.78 is 15.4. The van der Waals surface area contributed by atoms with Gasteiger partial charge in [0.15, 0.2) is 18.9 Å². The Morgan fingerprint density at radius 1 is 1.06 bits per heavy atom. The van der Waals surface area contributed by atoms with Crippen molar-refractivity contribution in [2.75, 3.05) is 6.54 Å². The van der Waals surface area contributed by atoms with Crippen molar-refractivity contribution in [2.24, 2.45) is 5.73 Å². The fourth-order valence-electron chi connectivity index (χ4n) is 1.67. The Morgan fingerprint density at radius 2 is 1.78 bits per heavy atom. The highest BCUT2D eigenvalue weighted by atomic mass is 19.1. The first-order valence-corrected chi connectivity index (χ1v) is 5.91. The maximum Gasteiger partial charge on any atom is 0.169 e. The predicted molar refractivity (Wildman–Crippen MR) is 71.0 cm³/mol. The standard InChI is InChI=1S/C15H16FN2/c16-15-4-2-1-3-14(15)6-5-13-7-10-18(11-8-13)12-9-17/h1-8,10-11H,9,12,17H2/q+1/b6-5+. The Balaban J connectivity index is 2.12. The summed E-state index contributed by atoms with van der Waals surface area (Å²) in [6, 6.07) is 10.7. The maximum atomic E-state index is 13.4. The van der Waals surface area contributed by atoms with Gasteiger partial charge in [-0.1, -0.05) is 30.4 Å². The summed E-state index contributed by atoms with van der Waals surface area (Å²) in [6.45, 7) is 1.42. The van der Waals surface area contributed by atoms with Gasteiger partial charge in [0, 0.05) is 17.7 Å². The Morgan fingerprint density at radius 3 is 2.44 bits per heavy atom. The van der Waals surface area contributed by atoms with Gasteiger partial charge in [-0.05, 0) is 11.6 Å². The van der Waals surface area contributed by atoms with Crippen molar-refractivity contribution in [1.29, 1.82) is 0 Å². The van der Waals surface area contributed by atoms with E-state index in [1.54, 1.807) is 18.2 Å². The molecule has 1 heterocycles. The molecule has 2 rings (SSSR count). The number of nitrogens with two attached hydrogens (primary N) is 1. The SMILES string of the molecule is NCC[n+]1ccc(/C=C/c2ccccc2F)cc1. The van der Waals surface area contributed by atoms with Crippen LogP contribution in [0.2, 0.25) is 0 Å². The van der Waals surface area contributed by atoms with E-state index in [1.807, 2.05) is 41.2 Å². The second-order valence-corrected chi connectivity index (χ2v) is 4.01. The van der Waals surface area contributed by atoms with E-state index >= 15 is 0 Å². The summed E-state index contributed by atoms with van der Waals surface area (Å²) in [4.78, 5) is 0. The van der Waals surface area contributed by atoms with Crippen molar-refractivity contribution in [3.8, 4) is 0 Å². The van der Waals surface area contributed by atoms with Crippen LogP contribution in [0.5, 0.6) is 0 Å². The number of nitrogens with zero attached hydrogens (tertiary/aromatic N) is 1. The summed E-state index contributed by atoms with van der Waals surface area (Å²) in [7, 11) is 0. The minimum Gasteiger partial charge on any atom is -0.325 e. The number of rotatable bonds is 4. The van der Waals surface area contributed by atoms with Gasteiger partial charge < -0.3 is 5.73 Å². The average Bonchev–Trinajstić information content (AvgIpc) is 2.40. The lowest BCUT2D eigenvalue weighted by molar-refractivity contribution is -0.694. The molecule has 0 radical (unpaired) electrons. The van der Waals surface area contributed by atoms with E-state index in [2.05, 4.69) is 0 Å². The number of benzene rings is 1. The smallest absolute Gasteiger partial charge is 0.169 e. The van der Waals surface area contributed by atoms with Crippen LogP contribution in [0.1, 0.15) is 11.1 Å². The average molecular weight is 243 g/mol. The predicted octanol–water partition coefficient (Wildman–Crippen LogP) is 2.24. The van der Waals surface area contributed by atoms with E-state index in [0.29, 0.717) is 12.1 Å². The van der Waals surface area contributed by atoms with Crippen molar-refractivity contribution in [2.45, 2.75) is 6.54 Å². The largest absolute Gasteiger partial charge is 0.325 e. The minimum atomic E-state index is -0.206. The first kappa shape index (κ1) is 12.5. The molecule has 18 heavy (non-hydrogen) atoms. The fourth-order valence-corrected chi connectivity index (χ4v) is 1.67. The van der Waals surface area contributed by atoms with Crippen molar-refractivity contribution >= 4 is 12.2 Å². The molecule has 0 saturated carbocycles. The Kier molecular flexibility index (Phi) is 4.20. The molecule has 0 amide bonds. The monoisotopic (exact) mass is 243 g/mol. The van der Waals surface area contributed by atoms with Crippen LogP contribution in [0.15, 0.2) is 48.8 Å². The maximum absolute atomic E-state index is 13.4. The van der Waals surface area contributed by atoms with E-state index in [1.165, 1.54) is 6.07 Å².